The van der Waals surface area contributed by atoms with Gasteiger partial charge in [0.15, 0.2) is 0 Å². The maximum Gasteiger partial charge on any atom is 0.338 e. The number of anilines is 1. The maximum absolute atomic E-state index is 13.0. The number of rotatable bonds is 4. The predicted molar refractivity (Wildman–Crippen MR) is 117 cm³/mol. The molecule has 1 aromatic heterocycles. The van der Waals surface area contributed by atoms with E-state index in [1.807, 2.05) is 30.3 Å². The zero-order valence-corrected chi connectivity index (χ0v) is 17.9. The molecule has 160 valence electrons. The van der Waals surface area contributed by atoms with Crippen molar-refractivity contribution in [2.75, 3.05) is 24.6 Å². The third-order valence-electron chi connectivity index (χ3n) is 5.88. The van der Waals surface area contributed by atoms with Gasteiger partial charge in [-0.25, -0.2) is 9.78 Å². The van der Waals surface area contributed by atoms with Crippen LogP contribution in [0.1, 0.15) is 44.6 Å². The van der Waals surface area contributed by atoms with Crippen molar-refractivity contribution in [2.24, 2.45) is 5.73 Å². The van der Waals surface area contributed by atoms with Crippen LogP contribution >= 0.6 is 0 Å². The van der Waals surface area contributed by atoms with Crippen molar-refractivity contribution in [3.8, 4) is 6.07 Å². The molecule has 0 aliphatic carbocycles. The first-order valence-electron chi connectivity index (χ1n) is 10.7. The van der Waals surface area contributed by atoms with E-state index in [0.717, 1.165) is 48.2 Å². The summed E-state index contributed by atoms with van der Waals surface area (Å²) >= 11 is 0. The lowest BCUT2D eigenvalue weighted by Gasteiger charge is -2.29. The molecule has 0 unspecified atom stereocenters. The molecule has 0 spiro atoms. The molecule has 31 heavy (non-hydrogen) atoms. The molecule has 1 atom stereocenters. The van der Waals surface area contributed by atoms with Crippen LogP contribution in [-0.4, -0.2) is 25.7 Å². The first kappa shape index (κ1) is 20.7. The van der Waals surface area contributed by atoms with Gasteiger partial charge in [-0.2, -0.15) is 5.26 Å². The van der Waals surface area contributed by atoms with Crippen LogP contribution in [0, 0.1) is 11.3 Å². The first-order chi connectivity index (χ1) is 15.0. The number of hydrogen-bond donors (Lipinski definition) is 1. The van der Waals surface area contributed by atoms with E-state index in [1.54, 1.807) is 13.8 Å². The molecule has 2 aliphatic rings. The Morgan fingerprint density at radius 2 is 2.06 bits per heavy atom. The molecule has 7 heteroatoms. The molecular formula is C24H27N4O3+. The molecule has 0 saturated carbocycles. The van der Waals surface area contributed by atoms with Crippen molar-refractivity contribution in [3.05, 3.63) is 58.7 Å². The number of carbonyl (C=O) groups is 1. The van der Waals surface area contributed by atoms with Crippen LogP contribution in [-0.2, 0) is 14.3 Å². The molecule has 3 heterocycles. The highest BCUT2D eigenvalue weighted by molar-refractivity contribution is 5.93. The van der Waals surface area contributed by atoms with Crippen molar-refractivity contribution in [2.45, 2.75) is 39.0 Å². The standard InChI is InChI=1S/C24H26N4O3/c1-3-30-24(29)20-15(2)31-22(26)18(14-25)21(20)17-13-16-9-5-6-10-19(16)27-23(17)28-11-7-4-8-12-28/h5-6,9-10,13,21H,3-4,7-8,11-12,26H2,1-2H3/p+1/t21-/m0/s1. The summed E-state index contributed by atoms with van der Waals surface area (Å²) in [6.45, 7) is 5.48. The van der Waals surface area contributed by atoms with Gasteiger partial charge in [0.25, 0.3) is 5.82 Å². The Hall–Kier alpha value is -3.53. The van der Waals surface area contributed by atoms with Crippen LogP contribution in [0.25, 0.3) is 10.9 Å². The van der Waals surface area contributed by atoms with Crippen LogP contribution in [0.3, 0.4) is 0 Å². The second-order valence-electron chi connectivity index (χ2n) is 7.82. The second kappa shape index (κ2) is 8.68. The highest BCUT2D eigenvalue weighted by Gasteiger charge is 2.40. The number of benzene rings is 1. The van der Waals surface area contributed by atoms with E-state index >= 15 is 0 Å². The Labute approximate surface area is 181 Å². The minimum atomic E-state index is -0.671. The molecule has 0 bridgehead atoms. The molecule has 2 aromatic rings. The topological polar surface area (TPSA) is 103 Å². The summed E-state index contributed by atoms with van der Waals surface area (Å²) in [5, 5.41) is 10.9. The average Bonchev–Trinajstić information content (AvgIpc) is 2.78. The lowest BCUT2D eigenvalue weighted by Crippen LogP contribution is -2.36. The monoisotopic (exact) mass is 419 g/mol. The number of para-hydroxylation sites is 1. The Morgan fingerprint density at radius 1 is 1.32 bits per heavy atom. The summed E-state index contributed by atoms with van der Waals surface area (Å²) in [6, 6.07) is 12.2. The number of nitriles is 1. The molecule has 2 aliphatic heterocycles. The molecule has 1 fully saturated rings. The van der Waals surface area contributed by atoms with Gasteiger partial charge < -0.3 is 15.2 Å². The molecule has 1 saturated heterocycles. The van der Waals surface area contributed by atoms with Gasteiger partial charge in [-0.15, -0.1) is 0 Å². The average molecular weight is 420 g/mol. The third kappa shape index (κ3) is 3.81. The number of H-pyrrole nitrogens is 1. The minimum absolute atomic E-state index is 0.0239. The Balaban J connectivity index is 1.97. The normalized spacial score (nSPS) is 19.3. The highest BCUT2D eigenvalue weighted by atomic mass is 16.5. The fraction of sp³-hybridized carbons (Fsp3) is 0.375. The van der Waals surface area contributed by atoms with Crippen molar-refractivity contribution >= 4 is 22.7 Å². The van der Waals surface area contributed by atoms with Gasteiger partial charge in [0, 0.05) is 5.39 Å². The van der Waals surface area contributed by atoms with Crippen LogP contribution in [0.4, 0.5) is 5.82 Å². The van der Waals surface area contributed by atoms with Gasteiger partial charge in [0.2, 0.25) is 5.88 Å². The minimum Gasteiger partial charge on any atom is -0.463 e. The van der Waals surface area contributed by atoms with E-state index in [-0.39, 0.29) is 18.1 Å². The summed E-state index contributed by atoms with van der Waals surface area (Å²) in [5.74, 6) is 0.118. The number of hydrogen-bond acceptors (Lipinski definition) is 6. The molecule has 1 aromatic carbocycles. The zero-order chi connectivity index (χ0) is 22.0. The fourth-order valence-corrected chi connectivity index (χ4v) is 4.44. The van der Waals surface area contributed by atoms with Gasteiger partial charge in [-0.3, -0.25) is 4.90 Å². The van der Waals surface area contributed by atoms with E-state index in [4.69, 9.17) is 15.2 Å². The van der Waals surface area contributed by atoms with E-state index in [1.165, 1.54) is 6.42 Å². The number of esters is 1. The lowest BCUT2D eigenvalue weighted by atomic mass is 9.82. The molecule has 0 radical (unpaired) electrons. The van der Waals surface area contributed by atoms with Gasteiger partial charge in [-0.1, -0.05) is 18.2 Å². The van der Waals surface area contributed by atoms with Gasteiger partial charge in [0.05, 0.1) is 36.8 Å². The Morgan fingerprint density at radius 3 is 2.77 bits per heavy atom. The van der Waals surface area contributed by atoms with Crippen LogP contribution in [0.2, 0.25) is 0 Å². The summed E-state index contributed by atoms with van der Waals surface area (Å²) in [7, 11) is 0. The summed E-state index contributed by atoms with van der Waals surface area (Å²) < 4.78 is 10.9. The number of ether oxygens (including phenoxy) is 2. The number of nitrogens with zero attached hydrogens (tertiary/aromatic N) is 2. The van der Waals surface area contributed by atoms with Gasteiger partial charge in [-0.05, 0) is 45.2 Å². The number of aromatic amines is 1. The van der Waals surface area contributed by atoms with Gasteiger partial charge in [0.1, 0.15) is 22.9 Å². The SMILES string of the molecule is CCOC(=O)C1=C(C)OC(N)=C(C#N)[C@@H]1c1cc2ccccc2[nH+]c1N1CCCCC1. The molecule has 7 nitrogen and oxygen atoms in total. The Bertz CT molecular complexity index is 1120. The van der Waals surface area contributed by atoms with Crippen molar-refractivity contribution in [3.63, 3.8) is 0 Å². The summed E-state index contributed by atoms with van der Waals surface area (Å²) in [4.78, 5) is 18.8. The molecular weight excluding hydrogens is 392 g/mol. The van der Waals surface area contributed by atoms with Crippen molar-refractivity contribution in [1.82, 2.24) is 0 Å². The predicted octanol–water partition coefficient (Wildman–Crippen LogP) is 3.29. The van der Waals surface area contributed by atoms with Crippen molar-refractivity contribution in [1.29, 1.82) is 5.26 Å². The smallest absolute Gasteiger partial charge is 0.338 e. The third-order valence-corrected chi connectivity index (χ3v) is 5.88. The number of allylic oxidation sites excluding steroid dienone is 2. The number of nitrogens with two attached hydrogens (primary N) is 1. The number of nitrogens with one attached hydrogen (secondary N) is 1. The Kier molecular flexibility index (Phi) is 5.81. The number of fused-ring (bicyclic) bond motifs is 1. The zero-order valence-electron chi connectivity index (χ0n) is 17.9. The number of carbonyl (C=O) groups excluding carboxylic acids is 1. The summed E-state index contributed by atoms with van der Waals surface area (Å²) in [6.07, 6.45) is 3.38. The largest absolute Gasteiger partial charge is 0.463 e. The second-order valence-corrected chi connectivity index (χ2v) is 7.82. The maximum atomic E-state index is 13.0. The first-order valence-corrected chi connectivity index (χ1v) is 10.7. The number of aromatic nitrogens is 1. The highest BCUT2D eigenvalue weighted by Crippen LogP contribution is 2.43. The molecule has 0 amide bonds. The molecule has 3 N–H and O–H groups in total. The van der Waals surface area contributed by atoms with Gasteiger partial charge >= 0.3 is 5.97 Å². The van der Waals surface area contributed by atoms with Crippen LogP contribution in [0.5, 0.6) is 0 Å². The quantitative estimate of drug-likeness (QED) is 0.763. The van der Waals surface area contributed by atoms with E-state index in [9.17, 15) is 10.1 Å². The number of pyridine rings is 1. The van der Waals surface area contributed by atoms with E-state index in [0.29, 0.717) is 11.3 Å². The van der Waals surface area contributed by atoms with Crippen LogP contribution < -0.4 is 15.6 Å². The van der Waals surface area contributed by atoms with Crippen LogP contribution in [0.15, 0.2) is 53.1 Å². The number of piperidine rings is 1. The molecule has 4 rings (SSSR count). The lowest BCUT2D eigenvalue weighted by molar-refractivity contribution is -0.331. The summed E-state index contributed by atoms with van der Waals surface area (Å²) in [5.41, 5.74) is 8.46. The van der Waals surface area contributed by atoms with E-state index in [2.05, 4.69) is 16.0 Å². The van der Waals surface area contributed by atoms with Crippen molar-refractivity contribution < 1.29 is 19.3 Å². The fourth-order valence-electron chi connectivity index (χ4n) is 4.44. The van der Waals surface area contributed by atoms with E-state index < -0.39 is 11.9 Å².